The van der Waals surface area contributed by atoms with Crippen LogP contribution in [0.5, 0.6) is 5.75 Å². The Morgan fingerprint density at radius 1 is 1.07 bits per heavy atom. The summed E-state index contributed by atoms with van der Waals surface area (Å²) in [5.41, 5.74) is 0.126. The third-order valence-electron chi connectivity index (χ3n) is 2.11. The predicted octanol–water partition coefficient (Wildman–Crippen LogP) is 1.33. The largest absolute Gasteiger partial charge is 0.507 e. The summed E-state index contributed by atoms with van der Waals surface area (Å²) in [6.45, 7) is 0. The second-order valence-electron chi connectivity index (χ2n) is 2.99. The molecule has 2 aromatic rings. The minimum Gasteiger partial charge on any atom is -0.507 e. The Morgan fingerprint density at radius 2 is 1.67 bits per heavy atom. The molecule has 0 aliphatic heterocycles. The fourth-order valence-electron chi connectivity index (χ4n) is 1.50. The summed E-state index contributed by atoms with van der Waals surface area (Å²) >= 11 is 0. The number of carboxylic acid groups (broad SMARTS) is 1. The molecule has 0 fully saturated rings. The zero-order valence-corrected chi connectivity index (χ0v) is 7.27. The van der Waals surface area contributed by atoms with Crippen molar-refractivity contribution in [1.82, 2.24) is 0 Å². The topological polar surface area (TPSA) is 57.5 Å². The van der Waals surface area contributed by atoms with Crippen molar-refractivity contribution in [3.05, 3.63) is 42.0 Å². The van der Waals surface area contributed by atoms with E-state index in [4.69, 9.17) is 5.11 Å². The van der Waals surface area contributed by atoms with Gasteiger partial charge in [0.1, 0.15) is 5.75 Å². The maximum absolute atomic E-state index is 10.9. The van der Waals surface area contributed by atoms with Crippen molar-refractivity contribution >= 4 is 39.8 Å². The summed E-state index contributed by atoms with van der Waals surface area (Å²) in [4.78, 5) is 10.9. The van der Waals surface area contributed by atoms with Crippen molar-refractivity contribution in [1.29, 1.82) is 0 Å². The second kappa shape index (κ2) is 4.50. The Hall–Kier alpha value is -1.26. The fraction of sp³-hybridized carbons (Fsp3) is 0. The Bertz CT molecular complexity index is 503. The van der Waals surface area contributed by atoms with E-state index in [0.29, 0.717) is 5.39 Å². The molecule has 0 radical (unpaired) electrons. The molecule has 0 saturated carbocycles. The van der Waals surface area contributed by atoms with E-state index < -0.39 is 5.97 Å². The van der Waals surface area contributed by atoms with Crippen molar-refractivity contribution < 1.29 is 15.0 Å². The minimum atomic E-state index is -1.03. The van der Waals surface area contributed by atoms with E-state index in [0.717, 1.165) is 5.39 Å². The van der Waals surface area contributed by atoms with Crippen molar-refractivity contribution in [2.75, 3.05) is 0 Å². The van der Waals surface area contributed by atoms with Crippen LogP contribution in [0.2, 0.25) is 0 Å². The van der Waals surface area contributed by atoms with Gasteiger partial charge in [-0.3, -0.25) is 0 Å². The van der Waals surface area contributed by atoms with E-state index in [1.807, 2.05) is 0 Å². The number of rotatable bonds is 1. The van der Waals surface area contributed by atoms with Crippen LogP contribution >= 0.6 is 0 Å². The van der Waals surface area contributed by atoms with Crippen LogP contribution in [0, 0.1) is 0 Å². The van der Waals surface area contributed by atoms with Gasteiger partial charge in [-0.15, -0.1) is 0 Å². The smallest absolute Gasteiger partial charge is 0.336 e. The van der Waals surface area contributed by atoms with E-state index in [1.54, 1.807) is 24.3 Å². The lowest BCUT2D eigenvalue weighted by Gasteiger charge is -2.03. The number of carbonyl (C=O) groups is 1. The number of phenolic OH excluding ortho intramolecular Hbond substituents is 1. The molecule has 0 amide bonds. The van der Waals surface area contributed by atoms with Gasteiger partial charge >= 0.3 is 29.0 Å². The molecule has 0 aromatic heterocycles. The zero-order chi connectivity index (χ0) is 10.1. The third-order valence-corrected chi connectivity index (χ3v) is 2.11. The highest BCUT2D eigenvalue weighted by Gasteiger charge is 2.10. The molecule has 0 aliphatic rings. The van der Waals surface area contributed by atoms with Gasteiger partial charge in [-0.25, -0.2) is 4.79 Å². The number of carboxylic acids is 1. The van der Waals surface area contributed by atoms with Crippen molar-refractivity contribution in [2.45, 2.75) is 0 Å². The molecule has 3 nitrogen and oxygen atoms in total. The summed E-state index contributed by atoms with van der Waals surface area (Å²) in [6.07, 6.45) is 0. The van der Waals surface area contributed by atoms with Gasteiger partial charge in [-0.1, -0.05) is 24.3 Å². The number of aromatic hydroxyl groups is 1. The summed E-state index contributed by atoms with van der Waals surface area (Å²) in [5, 5.41) is 19.6. The molecule has 0 spiro atoms. The second-order valence-corrected chi connectivity index (χ2v) is 2.99. The van der Waals surface area contributed by atoms with E-state index in [-0.39, 0.29) is 34.4 Å². The van der Waals surface area contributed by atoms with Gasteiger partial charge in [0.15, 0.2) is 0 Å². The first kappa shape index (κ1) is 11.8. The Morgan fingerprint density at radius 3 is 2.27 bits per heavy atom. The first-order valence-corrected chi connectivity index (χ1v) is 4.14. The first-order valence-electron chi connectivity index (χ1n) is 4.14. The number of hydrogen-bond donors (Lipinski definition) is 2. The van der Waals surface area contributed by atoms with Crippen LogP contribution in [0.4, 0.5) is 0 Å². The summed E-state index contributed by atoms with van der Waals surface area (Å²) < 4.78 is 0. The molecule has 2 rings (SSSR count). The molecule has 2 aromatic carbocycles. The third kappa shape index (κ3) is 2.05. The molecule has 0 unspecified atom stereocenters. The summed E-state index contributed by atoms with van der Waals surface area (Å²) in [5.74, 6) is -1.03. The standard InChI is InChI=1S/C11H8O3.Mg.2H/c12-9-6-2-4-7-3-1-5-8(10(7)9)11(13)14;;;/h1-6,12H,(H,13,14);;;. The van der Waals surface area contributed by atoms with Gasteiger partial charge in [-0.2, -0.15) is 0 Å². The van der Waals surface area contributed by atoms with E-state index >= 15 is 0 Å². The minimum absolute atomic E-state index is 0. The maximum Gasteiger partial charge on any atom is 0.336 e. The normalized spacial score (nSPS) is 9.60. The molecular formula is C11H10MgO3. The van der Waals surface area contributed by atoms with E-state index in [2.05, 4.69) is 0 Å². The first-order chi connectivity index (χ1) is 6.70. The SMILES string of the molecule is O=C(O)c1cccc2cccc(O)c12.[MgH2]. The van der Waals surface area contributed by atoms with Gasteiger partial charge in [0.2, 0.25) is 0 Å². The molecule has 15 heavy (non-hydrogen) atoms. The lowest BCUT2D eigenvalue weighted by molar-refractivity contribution is 0.0699. The molecule has 0 heterocycles. The Kier molecular flexibility index (Phi) is 3.55. The molecule has 0 aliphatic carbocycles. The fourth-order valence-corrected chi connectivity index (χ4v) is 1.50. The van der Waals surface area contributed by atoms with Crippen LogP contribution in [0.3, 0.4) is 0 Å². The summed E-state index contributed by atoms with van der Waals surface area (Å²) in [7, 11) is 0. The van der Waals surface area contributed by atoms with Crippen LogP contribution in [0.25, 0.3) is 10.8 Å². The van der Waals surface area contributed by atoms with Crippen LogP contribution in [0.1, 0.15) is 10.4 Å². The number of fused-ring (bicyclic) bond motifs is 1. The lowest BCUT2D eigenvalue weighted by atomic mass is 10.0. The van der Waals surface area contributed by atoms with Gasteiger partial charge in [0.25, 0.3) is 0 Å². The Labute approximate surface area is 102 Å². The van der Waals surface area contributed by atoms with Crippen molar-refractivity contribution in [2.24, 2.45) is 0 Å². The average molecular weight is 215 g/mol. The summed E-state index contributed by atoms with van der Waals surface area (Å²) in [6, 6.07) is 9.83. The van der Waals surface area contributed by atoms with Crippen molar-refractivity contribution in [3.63, 3.8) is 0 Å². The van der Waals surface area contributed by atoms with Crippen LogP contribution in [-0.4, -0.2) is 39.2 Å². The highest BCUT2D eigenvalue weighted by molar-refractivity contribution is 6.06. The molecule has 0 atom stereocenters. The predicted molar refractivity (Wildman–Crippen MR) is 61.1 cm³/mol. The van der Waals surface area contributed by atoms with Crippen LogP contribution in [-0.2, 0) is 0 Å². The van der Waals surface area contributed by atoms with Crippen LogP contribution < -0.4 is 0 Å². The number of benzene rings is 2. The van der Waals surface area contributed by atoms with E-state index in [1.165, 1.54) is 12.1 Å². The molecule has 2 N–H and O–H groups in total. The van der Waals surface area contributed by atoms with Gasteiger partial charge in [-0.05, 0) is 17.5 Å². The molecule has 4 heteroatoms. The number of hydrogen-bond acceptors (Lipinski definition) is 2. The zero-order valence-electron chi connectivity index (χ0n) is 7.27. The highest BCUT2D eigenvalue weighted by Crippen LogP contribution is 2.27. The molecular weight excluding hydrogens is 204 g/mol. The number of phenols is 1. The number of aromatic carboxylic acids is 1. The van der Waals surface area contributed by atoms with Gasteiger partial charge in [0.05, 0.1) is 5.56 Å². The van der Waals surface area contributed by atoms with Crippen molar-refractivity contribution in [3.8, 4) is 5.75 Å². The van der Waals surface area contributed by atoms with Gasteiger partial charge in [0, 0.05) is 5.39 Å². The molecule has 74 valence electrons. The monoisotopic (exact) mass is 214 g/mol. The van der Waals surface area contributed by atoms with E-state index in [9.17, 15) is 9.90 Å². The van der Waals surface area contributed by atoms with Crippen LogP contribution in [0.15, 0.2) is 36.4 Å². The Balaban J connectivity index is 0.00000112. The van der Waals surface area contributed by atoms with Gasteiger partial charge < -0.3 is 10.2 Å². The highest BCUT2D eigenvalue weighted by atomic mass is 24.3. The maximum atomic E-state index is 10.9. The lowest BCUT2D eigenvalue weighted by Crippen LogP contribution is -1.96. The quantitative estimate of drug-likeness (QED) is 0.704. The molecule has 0 bridgehead atoms. The molecule has 0 saturated heterocycles. The average Bonchev–Trinajstić information content (AvgIpc) is 2.17.